The molecule has 0 atom stereocenters. The molecule has 138 valence electrons. The van der Waals surface area contributed by atoms with Crippen molar-refractivity contribution in [2.24, 2.45) is 0 Å². The molecule has 0 radical (unpaired) electrons. The molecule has 0 bridgehead atoms. The smallest absolute Gasteiger partial charge is 0.438 e. The summed E-state index contributed by atoms with van der Waals surface area (Å²) in [4.78, 5) is 11.8. The summed E-state index contributed by atoms with van der Waals surface area (Å²) in [5.74, 6) is 1.31. The third kappa shape index (κ3) is 3.99. The van der Waals surface area contributed by atoms with Crippen molar-refractivity contribution in [1.82, 2.24) is 0 Å². The molecule has 2 aromatic carbocycles. The number of hydrogen-bond acceptors (Lipinski definition) is 4. The Labute approximate surface area is 154 Å². The molecule has 26 heavy (non-hydrogen) atoms. The maximum absolute atomic E-state index is 11.8. The topological polar surface area (TPSA) is 59.0 Å². The number of carbonyl (C=O) groups is 1. The minimum absolute atomic E-state index is 0.251. The third-order valence-corrected chi connectivity index (χ3v) is 4.76. The van der Waals surface area contributed by atoms with Crippen LogP contribution in [0.15, 0.2) is 36.4 Å². The molecule has 2 aromatic rings. The first-order valence-electron chi connectivity index (χ1n) is 8.95. The zero-order chi connectivity index (χ0) is 18.7. The number of methoxy groups -OCH3 is 1. The Morgan fingerprint density at radius 1 is 1.23 bits per heavy atom. The van der Waals surface area contributed by atoms with E-state index < -0.39 is 6.09 Å². The lowest BCUT2D eigenvalue weighted by molar-refractivity contribution is 0.140. The quantitative estimate of drug-likeness (QED) is 0.587. The van der Waals surface area contributed by atoms with Crippen LogP contribution in [0.5, 0.6) is 5.75 Å². The predicted octanol–water partition coefficient (Wildman–Crippen LogP) is 4.98. The van der Waals surface area contributed by atoms with E-state index in [4.69, 9.17) is 4.74 Å². The molecule has 0 heterocycles. The molecule has 5 nitrogen and oxygen atoms in total. The zero-order valence-electron chi connectivity index (χ0n) is 15.5. The maximum atomic E-state index is 11.8. The second-order valence-electron chi connectivity index (χ2n) is 6.69. The summed E-state index contributed by atoms with van der Waals surface area (Å²) in [6.45, 7) is 4.38. The van der Waals surface area contributed by atoms with Gasteiger partial charge in [-0.2, -0.15) is 5.06 Å². The first-order valence-corrected chi connectivity index (χ1v) is 8.95. The molecule has 0 spiro atoms. The Morgan fingerprint density at radius 3 is 2.62 bits per heavy atom. The van der Waals surface area contributed by atoms with Gasteiger partial charge in [0.25, 0.3) is 0 Å². The van der Waals surface area contributed by atoms with Gasteiger partial charge in [-0.15, -0.1) is 0 Å². The Morgan fingerprint density at radius 2 is 2.00 bits per heavy atom. The van der Waals surface area contributed by atoms with Gasteiger partial charge in [-0.25, -0.2) is 4.79 Å². The first-order chi connectivity index (χ1) is 12.5. The van der Waals surface area contributed by atoms with E-state index in [1.807, 2.05) is 37.3 Å². The van der Waals surface area contributed by atoms with Crippen LogP contribution >= 0.6 is 0 Å². The van der Waals surface area contributed by atoms with Crippen LogP contribution in [0, 0.1) is 6.92 Å². The Hall–Kier alpha value is -2.53. The Balaban J connectivity index is 1.83. The summed E-state index contributed by atoms with van der Waals surface area (Å²) in [6.07, 6.45) is 2.44. The van der Waals surface area contributed by atoms with Crippen LogP contribution in [0.3, 0.4) is 0 Å². The van der Waals surface area contributed by atoms with E-state index in [0.29, 0.717) is 16.7 Å². The number of nitrogens with zero attached hydrogens (tertiary/aromatic N) is 1. The van der Waals surface area contributed by atoms with Crippen molar-refractivity contribution in [3.8, 4) is 5.75 Å². The van der Waals surface area contributed by atoms with Gasteiger partial charge in [0.1, 0.15) is 12.4 Å². The van der Waals surface area contributed by atoms with Crippen LogP contribution in [0.1, 0.15) is 47.9 Å². The lowest BCUT2D eigenvalue weighted by Crippen LogP contribution is -2.28. The molecule has 0 aromatic heterocycles. The Bertz CT molecular complexity index is 799. The highest BCUT2D eigenvalue weighted by Crippen LogP contribution is 2.41. The lowest BCUT2D eigenvalue weighted by Gasteiger charge is -2.19. The molecule has 0 saturated heterocycles. The van der Waals surface area contributed by atoms with E-state index in [2.05, 4.69) is 17.7 Å². The zero-order valence-corrected chi connectivity index (χ0v) is 15.5. The van der Waals surface area contributed by atoms with Crippen molar-refractivity contribution in [2.75, 3.05) is 12.2 Å². The summed E-state index contributed by atoms with van der Waals surface area (Å²) in [5.41, 5.74) is 4.58. The van der Waals surface area contributed by atoms with E-state index in [1.54, 1.807) is 0 Å². The normalized spacial score (nSPS) is 13.4. The number of carbonyl (C=O) groups excluding carboxylic acids is 1. The fourth-order valence-corrected chi connectivity index (χ4v) is 3.00. The standard InChI is InChI=1S/C21H25NO4/c1-4-15-5-10-20(14(2)11-15)26-13-18-9-8-17(16-6-7-16)12-19(18)22(24)21(23)25-3/h5,8-12,16,24H,4,6-7,13H2,1-3H3. The molecule has 1 N–H and O–H groups in total. The van der Waals surface area contributed by atoms with E-state index in [-0.39, 0.29) is 6.61 Å². The highest BCUT2D eigenvalue weighted by atomic mass is 16.6. The summed E-state index contributed by atoms with van der Waals surface area (Å²) < 4.78 is 10.6. The molecule has 1 saturated carbocycles. The van der Waals surface area contributed by atoms with Gasteiger partial charge < -0.3 is 9.47 Å². The van der Waals surface area contributed by atoms with Crippen molar-refractivity contribution >= 4 is 11.8 Å². The molecule has 1 amide bonds. The fourth-order valence-electron chi connectivity index (χ4n) is 3.00. The number of hydroxylamine groups is 1. The van der Waals surface area contributed by atoms with Gasteiger partial charge in [0.2, 0.25) is 0 Å². The van der Waals surface area contributed by atoms with Crippen molar-refractivity contribution < 1.29 is 19.5 Å². The van der Waals surface area contributed by atoms with Gasteiger partial charge in [-0.1, -0.05) is 31.2 Å². The summed E-state index contributed by atoms with van der Waals surface area (Å²) in [6, 6.07) is 11.9. The average Bonchev–Trinajstić information content (AvgIpc) is 3.51. The van der Waals surface area contributed by atoms with Crippen molar-refractivity contribution in [3.05, 3.63) is 58.7 Å². The number of ether oxygens (including phenoxy) is 2. The van der Waals surface area contributed by atoms with E-state index in [9.17, 15) is 10.0 Å². The summed E-state index contributed by atoms with van der Waals surface area (Å²) in [7, 11) is 1.24. The van der Waals surface area contributed by atoms with Crippen molar-refractivity contribution in [2.45, 2.75) is 45.6 Å². The monoisotopic (exact) mass is 355 g/mol. The molecule has 5 heteroatoms. The highest BCUT2D eigenvalue weighted by Gasteiger charge is 2.26. The van der Waals surface area contributed by atoms with Crippen LogP contribution in [0.25, 0.3) is 0 Å². The van der Waals surface area contributed by atoms with Gasteiger partial charge in [-0.05, 0) is 60.9 Å². The largest absolute Gasteiger partial charge is 0.489 e. The maximum Gasteiger partial charge on any atom is 0.438 e. The van der Waals surface area contributed by atoms with Crippen LogP contribution < -0.4 is 9.80 Å². The van der Waals surface area contributed by atoms with Gasteiger partial charge in [0.15, 0.2) is 0 Å². The van der Waals surface area contributed by atoms with Crippen molar-refractivity contribution in [1.29, 1.82) is 0 Å². The number of hydrogen-bond donors (Lipinski definition) is 1. The molecular weight excluding hydrogens is 330 g/mol. The molecule has 0 unspecified atom stereocenters. The number of anilines is 1. The van der Waals surface area contributed by atoms with Crippen LogP contribution in [-0.4, -0.2) is 18.4 Å². The second kappa shape index (κ2) is 7.79. The van der Waals surface area contributed by atoms with E-state index in [0.717, 1.165) is 41.7 Å². The minimum Gasteiger partial charge on any atom is -0.489 e. The van der Waals surface area contributed by atoms with Gasteiger partial charge in [-0.3, -0.25) is 5.21 Å². The van der Waals surface area contributed by atoms with Gasteiger partial charge in [0, 0.05) is 5.56 Å². The lowest BCUT2D eigenvalue weighted by atomic mass is 10.1. The Kier molecular flexibility index (Phi) is 5.47. The molecule has 1 aliphatic rings. The third-order valence-electron chi connectivity index (χ3n) is 4.76. The number of rotatable bonds is 6. The first kappa shape index (κ1) is 18.3. The van der Waals surface area contributed by atoms with Crippen LogP contribution in [0.4, 0.5) is 10.5 Å². The minimum atomic E-state index is -0.817. The summed E-state index contributed by atoms with van der Waals surface area (Å²) >= 11 is 0. The summed E-state index contributed by atoms with van der Waals surface area (Å²) in [5, 5.41) is 10.8. The predicted molar refractivity (Wildman–Crippen MR) is 100.0 cm³/mol. The fraction of sp³-hybridized carbons (Fsp3) is 0.381. The number of aryl methyl sites for hydroxylation is 2. The number of amides is 1. The van der Waals surface area contributed by atoms with Crippen molar-refractivity contribution in [3.63, 3.8) is 0 Å². The van der Waals surface area contributed by atoms with Gasteiger partial charge >= 0.3 is 6.09 Å². The average molecular weight is 355 g/mol. The molecular formula is C21H25NO4. The second-order valence-corrected chi connectivity index (χ2v) is 6.69. The molecule has 3 rings (SSSR count). The molecule has 1 fully saturated rings. The molecule has 0 aliphatic heterocycles. The van der Waals surface area contributed by atoms with Crippen LogP contribution in [-0.2, 0) is 17.8 Å². The van der Waals surface area contributed by atoms with E-state index >= 15 is 0 Å². The molecule has 1 aliphatic carbocycles. The highest BCUT2D eigenvalue weighted by molar-refractivity contribution is 5.86. The number of benzene rings is 2. The van der Waals surface area contributed by atoms with E-state index in [1.165, 1.54) is 12.7 Å². The SMILES string of the molecule is CCc1ccc(OCc2ccc(C3CC3)cc2N(O)C(=O)OC)c(C)c1. The van der Waals surface area contributed by atoms with Crippen LogP contribution in [0.2, 0.25) is 0 Å². The van der Waals surface area contributed by atoms with Gasteiger partial charge in [0.05, 0.1) is 12.8 Å².